The third kappa shape index (κ3) is 18.8. The Morgan fingerprint density at radius 3 is 1.53 bits per heavy atom. The van der Waals surface area contributed by atoms with E-state index in [0.717, 1.165) is 55.5 Å². The van der Waals surface area contributed by atoms with E-state index in [9.17, 15) is 47.9 Å². The van der Waals surface area contributed by atoms with Gasteiger partial charge in [0.05, 0.1) is 31.3 Å². The highest BCUT2D eigenvalue weighted by atomic mass is 16.4. The van der Waals surface area contributed by atoms with Gasteiger partial charge in [-0.1, -0.05) is 98.8 Å². The Kier molecular flexibility index (Phi) is 24.4. The van der Waals surface area contributed by atoms with Gasteiger partial charge in [-0.25, -0.2) is 0 Å². The molecule has 2 heterocycles. The normalized spacial score (nSPS) is 15.5. The fourth-order valence-electron chi connectivity index (χ4n) is 11.2. The number of nitrogens with two attached hydrogens (primary N) is 6. The minimum atomic E-state index is -1.53. The van der Waals surface area contributed by atoms with E-state index in [-0.39, 0.29) is 70.2 Å². The number of carboxylic acid groups (broad SMARTS) is 2. The summed E-state index contributed by atoms with van der Waals surface area (Å²) in [6, 6.07) is 18.5. The first-order valence-corrected chi connectivity index (χ1v) is 29.7. The molecule has 4 atom stereocenters. The second-order valence-electron chi connectivity index (χ2n) is 23.0. The number of guanidine groups is 2. The third-order valence-corrected chi connectivity index (χ3v) is 15.5. The van der Waals surface area contributed by atoms with Crippen molar-refractivity contribution in [2.24, 2.45) is 44.4 Å². The lowest BCUT2D eigenvalue weighted by Gasteiger charge is -2.27. The maximum atomic E-state index is 14.3. The summed E-state index contributed by atoms with van der Waals surface area (Å²) in [5.41, 5.74) is 36.6. The number of primary amides is 2. The van der Waals surface area contributed by atoms with Crippen LogP contribution in [0.15, 0.2) is 131 Å². The number of amides is 8. The summed E-state index contributed by atoms with van der Waals surface area (Å²) < 4.78 is 1.89. The second-order valence-corrected chi connectivity index (χ2v) is 23.0. The molecule has 4 aromatic carbocycles. The van der Waals surface area contributed by atoms with Gasteiger partial charge in [0.1, 0.15) is 24.2 Å². The highest BCUT2D eigenvalue weighted by Crippen LogP contribution is 2.51. The highest BCUT2D eigenvalue weighted by Gasteiger charge is 2.47. The van der Waals surface area contributed by atoms with Crippen LogP contribution in [0.25, 0.3) is 21.5 Å². The van der Waals surface area contributed by atoms with Gasteiger partial charge >= 0.3 is 11.9 Å². The number of carbonyl (C=O) groups excluding carboxylic acids is 8. The van der Waals surface area contributed by atoms with Crippen LogP contribution in [0.1, 0.15) is 83.8 Å². The quantitative estimate of drug-likeness (QED) is 0.0100. The number of benzene rings is 4. The molecule has 6 rings (SSSR count). The topological polar surface area (TPSA) is 470 Å². The Bertz CT molecular complexity index is 3730. The average Bonchev–Trinajstić information content (AvgIpc) is 1.58. The zero-order chi connectivity index (χ0) is 67.5. The predicted octanol–water partition coefficient (Wildman–Crippen LogP) is 0.308. The van der Waals surface area contributed by atoms with E-state index in [4.69, 9.17) is 44.6 Å². The molecule has 0 aromatic heterocycles. The minimum absolute atomic E-state index is 0.0523. The Hall–Kier alpha value is -10.9. The van der Waals surface area contributed by atoms with Crippen molar-refractivity contribution in [3.05, 3.63) is 132 Å². The standard InChI is InChI=1S/C64H80N16O12/c1-63(2)47(79(45-26-24-37-16-10-12-18-39(37)55(45)63)31-28-49(81)75-41(20-14-29-71-61(67)68)59(91)73-34-50(82)77-43(57(65)89)32-53(85)86)22-8-6-5-7-9-23-48-64(3,4)56-40-19-13-11-17-38(40)25-27-46(56)80(48)36-52(84)76-42(21-15-30-72-62(69)70)60(92)74-35-51(83)78-44(58(66)90)33-54(87)88/h5-13,16-19,22-27,41-44H,14-15,20-21,28-36H2,1-4H3,(H19-,65,66,67,68,69,70,71,72,73,74,75,76,77,78,81,82,83,84,85,86,87,88,89,90,91,92)/p+1/t41-,42-,43+,44+/m0/s1. The number of aliphatic carboxylic acids is 2. The van der Waals surface area contributed by atoms with E-state index in [2.05, 4.69) is 80.5 Å². The summed E-state index contributed by atoms with van der Waals surface area (Å²) in [5, 5.41) is 37.2. The molecule has 8 amide bonds. The number of fused-ring (bicyclic) bond motifs is 6. The molecule has 0 bridgehead atoms. The van der Waals surface area contributed by atoms with Crippen LogP contribution in [-0.2, 0) is 58.8 Å². The Morgan fingerprint density at radius 2 is 1.02 bits per heavy atom. The summed E-state index contributed by atoms with van der Waals surface area (Å²) in [7, 11) is 0. The molecule has 4 aromatic rings. The van der Waals surface area contributed by atoms with Crippen LogP contribution in [0.5, 0.6) is 0 Å². The zero-order valence-electron chi connectivity index (χ0n) is 51.7. The molecule has 0 radical (unpaired) electrons. The zero-order valence-corrected chi connectivity index (χ0v) is 51.7. The molecule has 0 unspecified atom stereocenters. The van der Waals surface area contributed by atoms with Gasteiger partial charge in [-0.3, -0.25) is 57.9 Å². The maximum Gasteiger partial charge on any atom is 0.305 e. The summed E-state index contributed by atoms with van der Waals surface area (Å²) >= 11 is 0. The Balaban J connectivity index is 1.23. The van der Waals surface area contributed by atoms with Crippen LogP contribution < -0.4 is 71.2 Å². The van der Waals surface area contributed by atoms with Crippen molar-refractivity contribution in [3.8, 4) is 0 Å². The van der Waals surface area contributed by atoms with Crippen molar-refractivity contribution < 1.29 is 62.7 Å². The van der Waals surface area contributed by atoms with Gasteiger partial charge in [-0.05, 0) is 84.8 Å². The molecule has 0 fully saturated rings. The maximum absolute atomic E-state index is 14.3. The number of hydrogen-bond donors (Lipinski definition) is 14. The lowest BCUT2D eigenvalue weighted by atomic mass is 9.79. The molecule has 0 saturated heterocycles. The van der Waals surface area contributed by atoms with Crippen LogP contribution in [-0.4, -0.2) is 155 Å². The number of nitrogens with zero attached hydrogens (tertiary/aromatic N) is 4. The number of allylic oxidation sites excluding steroid dienone is 8. The average molecular weight is 1270 g/mol. The second kappa shape index (κ2) is 32.0. The predicted molar refractivity (Wildman–Crippen MR) is 348 cm³/mol. The largest absolute Gasteiger partial charge is 0.481 e. The highest BCUT2D eigenvalue weighted by molar-refractivity contribution is 6.08. The van der Waals surface area contributed by atoms with E-state index in [0.29, 0.717) is 0 Å². The first-order chi connectivity index (χ1) is 43.6. The van der Waals surface area contributed by atoms with Gasteiger partial charge in [0.2, 0.25) is 53.6 Å². The smallest absolute Gasteiger partial charge is 0.305 e. The SMILES string of the molecule is CC1(C)C(/C=C/C=C/C=C/C=C2/N(CCC(=O)N[C@@H](CCCN=C(N)N)C(=O)NCC(=O)N[C@H](CC(=O)O)C(N)=O)c3ccc4ccccc4c3C2(C)C)=[N+](CC(=O)N[C@@H](CCCN=C(N)N)C(=O)NCC(=O)N[C@H](CC(=O)O)C(N)=O)c2ccc3ccccc3c21. The minimum Gasteiger partial charge on any atom is -0.481 e. The monoisotopic (exact) mass is 1270 g/mol. The lowest BCUT2D eigenvalue weighted by molar-refractivity contribution is -0.425. The van der Waals surface area contributed by atoms with Crippen LogP contribution in [0, 0.1) is 0 Å². The number of carboxylic acids is 2. The number of carbonyl (C=O) groups is 10. The van der Waals surface area contributed by atoms with Crippen LogP contribution in [0.4, 0.5) is 11.4 Å². The van der Waals surface area contributed by atoms with E-state index in [1.165, 1.54) is 0 Å². The van der Waals surface area contributed by atoms with Crippen molar-refractivity contribution in [1.29, 1.82) is 0 Å². The molecular formula is C64H81N16O12+. The molecule has 2 aliphatic rings. The van der Waals surface area contributed by atoms with E-state index in [1.807, 2.05) is 114 Å². The van der Waals surface area contributed by atoms with E-state index in [1.54, 1.807) is 0 Å². The molecule has 20 N–H and O–H groups in total. The molecule has 0 spiro atoms. The first kappa shape index (κ1) is 70.2. The fourth-order valence-corrected chi connectivity index (χ4v) is 11.2. The number of rotatable bonds is 33. The first-order valence-electron chi connectivity index (χ1n) is 29.7. The molecule has 0 saturated carbocycles. The van der Waals surface area contributed by atoms with Crippen molar-refractivity contribution in [1.82, 2.24) is 31.9 Å². The van der Waals surface area contributed by atoms with Gasteiger partial charge in [0, 0.05) is 60.6 Å². The van der Waals surface area contributed by atoms with Crippen molar-refractivity contribution >= 4 is 110 Å². The third-order valence-electron chi connectivity index (χ3n) is 15.5. The van der Waals surface area contributed by atoms with E-state index >= 15 is 0 Å². The van der Waals surface area contributed by atoms with Crippen LogP contribution >= 0.6 is 0 Å². The van der Waals surface area contributed by atoms with E-state index < -0.39 is 120 Å². The number of aliphatic imine (C=N–C) groups is 2. The molecule has 92 heavy (non-hydrogen) atoms. The van der Waals surface area contributed by atoms with Crippen LogP contribution in [0.2, 0.25) is 0 Å². The lowest BCUT2D eigenvalue weighted by Crippen LogP contribution is -2.52. The van der Waals surface area contributed by atoms with Crippen molar-refractivity contribution in [2.75, 3.05) is 44.2 Å². The Labute approximate surface area is 530 Å². The molecule has 0 aliphatic carbocycles. The summed E-state index contributed by atoms with van der Waals surface area (Å²) in [4.78, 5) is 137. The number of nitrogens with one attached hydrogen (secondary N) is 6. The van der Waals surface area contributed by atoms with Gasteiger partial charge < -0.3 is 81.4 Å². The fraction of sp³-hybridized carbons (Fsp3) is 0.359. The van der Waals surface area contributed by atoms with Crippen molar-refractivity contribution in [3.63, 3.8) is 0 Å². The number of anilines is 1. The molecular weight excluding hydrogens is 1180 g/mol. The van der Waals surface area contributed by atoms with Gasteiger partial charge in [-0.15, -0.1) is 0 Å². The van der Waals surface area contributed by atoms with Gasteiger partial charge in [-0.2, -0.15) is 4.58 Å². The van der Waals surface area contributed by atoms with Crippen molar-refractivity contribution in [2.45, 2.75) is 108 Å². The summed E-state index contributed by atoms with van der Waals surface area (Å²) in [6.07, 6.45) is 12.2. The molecule has 2 aliphatic heterocycles. The number of hydrogen-bond acceptors (Lipinski definition) is 13. The molecule has 28 nitrogen and oxygen atoms in total. The Morgan fingerprint density at radius 1 is 0.554 bits per heavy atom. The summed E-state index contributed by atoms with van der Waals surface area (Å²) in [5.74, 6) is -9.50. The summed E-state index contributed by atoms with van der Waals surface area (Å²) in [6.45, 7) is 7.23. The van der Waals surface area contributed by atoms with Crippen LogP contribution in [0.3, 0.4) is 0 Å². The molecule has 28 heteroatoms. The van der Waals surface area contributed by atoms with Gasteiger partial charge in [0.25, 0.3) is 5.91 Å². The molecule has 488 valence electrons. The van der Waals surface area contributed by atoms with Gasteiger partial charge in [0.15, 0.2) is 17.6 Å².